The van der Waals surface area contributed by atoms with Gasteiger partial charge in [0, 0.05) is 5.39 Å². The molecule has 0 saturated carbocycles. The first-order valence-electron chi connectivity index (χ1n) is 5.83. The first-order chi connectivity index (χ1) is 8.86. The number of carboxylic acids is 1. The molecule has 0 radical (unpaired) electrons. The Balaban J connectivity index is 2.55. The van der Waals surface area contributed by atoms with E-state index in [1.54, 1.807) is 26.0 Å². The van der Waals surface area contributed by atoms with E-state index in [9.17, 15) is 9.90 Å². The number of carbonyl (C=O) groups is 1. The van der Waals surface area contributed by atoms with Gasteiger partial charge in [0.1, 0.15) is 0 Å². The second kappa shape index (κ2) is 4.78. The molecule has 0 fully saturated rings. The number of rotatable bonds is 4. The van der Waals surface area contributed by atoms with E-state index >= 15 is 0 Å². The second-order valence-corrected chi connectivity index (χ2v) is 5.46. The third-order valence-corrected chi connectivity index (χ3v) is 3.59. The Hall–Kier alpha value is -1.68. The number of hydrogen-bond acceptors (Lipinski definition) is 3. The van der Waals surface area contributed by atoms with E-state index in [1.807, 2.05) is 0 Å². The number of fused-ring (bicyclic) bond motifs is 1. The molecule has 1 heterocycles. The summed E-state index contributed by atoms with van der Waals surface area (Å²) in [4.78, 5) is 11.2. The van der Waals surface area contributed by atoms with E-state index in [0.717, 1.165) is 10.9 Å². The fourth-order valence-electron chi connectivity index (χ4n) is 1.97. The number of halogens is 1. The van der Waals surface area contributed by atoms with Gasteiger partial charge in [-0.05, 0) is 38.0 Å². The van der Waals surface area contributed by atoms with Gasteiger partial charge in [-0.1, -0.05) is 11.6 Å². The summed E-state index contributed by atoms with van der Waals surface area (Å²) in [7, 11) is 1.54. The smallest absolute Gasteiger partial charge is 0.309 e. The largest absolute Gasteiger partial charge is 0.493 e. The van der Waals surface area contributed by atoms with Crippen LogP contribution >= 0.6 is 11.6 Å². The molecule has 1 N–H and O–H groups in total. The van der Waals surface area contributed by atoms with Crippen molar-refractivity contribution in [1.82, 2.24) is 0 Å². The number of ether oxygens (including phenoxy) is 1. The third kappa shape index (κ3) is 2.40. The molecule has 1 aromatic carbocycles. The van der Waals surface area contributed by atoms with Gasteiger partial charge in [0.15, 0.2) is 11.3 Å². The lowest BCUT2D eigenvalue weighted by Gasteiger charge is -2.20. The van der Waals surface area contributed by atoms with Crippen LogP contribution in [0.3, 0.4) is 0 Å². The molecule has 0 aliphatic carbocycles. The number of furan rings is 1. The van der Waals surface area contributed by atoms with Gasteiger partial charge < -0.3 is 14.3 Å². The van der Waals surface area contributed by atoms with Crippen molar-refractivity contribution >= 4 is 28.5 Å². The molecular formula is C14H15ClO4. The standard InChI is InChI=1S/C14H15ClO4/c1-14(2,13(16)17)7-8-6-10(18-3)12-9(11(8)15)4-5-19-12/h4-6H,7H2,1-3H3,(H,16,17). The summed E-state index contributed by atoms with van der Waals surface area (Å²) in [6.45, 7) is 3.33. The number of methoxy groups -OCH3 is 1. The Bertz CT molecular complexity index is 628. The lowest BCUT2D eigenvalue weighted by Crippen LogP contribution is -2.26. The molecule has 1 aromatic heterocycles. The first kappa shape index (κ1) is 13.7. The zero-order valence-corrected chi connectivity index (χ0v) is 11.7. The van der Waals surface area contributed by atoms with Gasteiger partial charge in [-0.3, -0.25) is 4.79 Å². The average Bonchev–Trinajstić information content (AvgIpc) is 2.81. The lowest BCUT2D eigenvalue weighted by molar-refractivity contribution is -0.146. The van der Waals surface area contributed by atoms with Crippen molar-refractivity contribution in [2.75, 3.05) is 7.11 Å². The van der Waals surface area contributed by atoms with Crippen molar-refractivity contribution in [3.8, 4) is 5.75 Å². The van der Waals surface area contributed by atoms with Crippen LogP contribution in [-0.4, -0.2) is 18.2 Å². The SMILES string of the molecule is COc1cc(CC(C)(C)C(=O)O)c(Cl)c2ccoc12. The fraction of sp³-hybridized carbons (Fsp3) is 0.357. The molecule has 0 spiro atoms. The van der Waals surface area contributed by atoms with Crippen LogP contribution in [0.1, 0.15) is 19.4 Å². The van der Waals surface area contributed by atoms with E-state index in [1.165, 1.54) is 13.4 Å². The van der Waals surface area contributed by atoms with Gasteiger partial charge in [0.05, 0.1) is 23.8 Å². The van der Waals surface area contributed by atoms with Crippen LogP contribution in [0.2, 0.25) is 5.02 Å². The molecule has 0 unspecified atom stereocenters. The molecular weight excluding hydrogens is 268 g/mol. The monoisotopic (exact) mass is 282 g/mol. The Morgan fingerprint density at radius 1 is 1.53 bits per heavy atom. The molecule has 0 atom stereocenters. The van der Waals surface area contributed by atoms with Crippen LogP contribution in [-0.2, 0) is 11.2 Å². The molecule has 5 heteroatoms. The Morgan fingerprint density at radius 2 is 2.21 bits per heavy atom. The van der Waals surface area contributed by atoms with Gasteiger partial charge in [-0.25, -0.2) is 0 Å². The molecule has 19 heavy (non-hydrogen) atoms. The van der Waals surface area contributed by atoms with Crippen molar-refractivity contribution in [3.05, 3.63) is 29.0 Å². The zero-order valence-electron chi connectivity index (χ0n) is 11.0. The highest BCUT2D eigenvalue weighted by molar-refractivity contribution is 6.36. The molecule has 2 rings (SSSR count). The summed E-state index contributed by atoms with van der Waals surface area (Å²) in [6, 6.07) is 3.48. The summed E-state index contributed by atoms with van der Waals surface area (Å²) in [5.74, 6) is -0.310. The normalized spacial score (nSPS) is 11.8. The summed E-state index contributed by atoms with van der Waals surface area (Å²) in [5.41, 5.74) is 0.413. The summed E-state index contributed by atoms with van der Waals surface area (Å²) >= 11 is 6.31. The van der Waals surface area contributed by atoms with Crippen LogP contribution in [0.25, 0.3) is 11.0 Å². The van der Waals surface area contributed by atoms with E-state index < -0.39 is 11.4 Å². The maximum absolute atomic E-state index is 11.2. The Morgan fingerprint density at radius 3 is 2.79 bits per heavy atom. The number of carboxylic acid groups (broad SMARTS) is 1. The van der Waals surface area contributed by atoms with Crippen LogP contribution in [0.4, 0.5) is 0 Å². The van der Waals surface area contributed by atoms with E-state index in [2.05, 4.69) is 0 Å². The van der Waals surface area contributed by atoms with Gasteiger partial charge in [0.2, 0.25) is 0 Å². The number of aliphatic carboxylic acids is 1. The van der Waals surface area contributed by atoms with Gasteiger partial charge in [-0.15, -0.1) is 0 Å². The van der Waals surface area contributed by atoms with Crippen LogP contribution in [0.15, 0.2) is 22.8 Å². The maximum atomic E-state index is 11.2. The summed E-state index contributed by atoms with van der Waals surface area (Å²) < 4.78 is 10.6. The topological polar surface area (TPSA) is 59.7 Å². The second-order valence-electron chi connectivity index (χ2n) is 5.08. The van der Waals surface area contributed by atoms with E-state index in [4.69, 9.17) is 20.8 Å². The first-order valence-corrected chi connectivity index (χ1v) is 6.20. The minimum Gasteiger partial charge on any atom is -0.493 e. The maximum Gasteiger partial charge on any atom is 0.309 e. The Labute approximate surface area is 115 Å². The lowest BCUT2D eigenvalue weighted by atomic mass is 9.85. The molecule has 2 aromatic rings. The molecule has 4 nitrogen and oxygen atoms in total. The van der Waals surface area contributed by atoms with Crippen molar-refractivity contribution in [2.24, 2.45) is 5.41 Å². The summed E-state index contributed by atoms with van der Waals surface area (Å²) in [6.07, 6.45) is 1.85. The molecule has 0 bridgehead atoms. The zero-order chi connectivity index (χ0) is 14.2. The highest BCUT2D eigenvalue weighted by Gasteiger charge is 2.29. The minimum atomic E-state index is -0.897. The third-order valence-electron chi connectivity index (χ3n) is 3.14. The Kier molecular flexibility index (Phi) is 3.45. The summed E-state index contributed by atoms with van der Waals surface area (Å²) in [5, 5.41) is 10.4. The minimum absolute atomic E-state index is 0.318. The molecule has 0 amide bonds. The molecule has 0 aliphatic heterocycles. The molecule has 102 valence electrons. The fourth-order valence-corrected chi connectivity index (χ4v) is 2.24. The van der Waals surface area contributed by atoms with Gasteiger partial charge in [-0.2, -0.15) is 0 Å². The van der Waals surface area contributed by atoms with Gasteiger partial charge >= 0.3 is 5.97 Å². The van der Waals surface area contributed by atoms with Crippen LogP contribution in [0.5, 0.6) is 5.75 Å². The highest BCUT2D eigenvalue weighted by Crippen LogP contribution is 2.38. The van der Waals surface area contributed by atoms with Crippen LogP contribution < -0.4 is 4.74 Å². The highest BCUT2D eigenvalue weighted by atomic mass is 35.5. The van der Waals surface area contributed by atoms with E-state index in [-0.39, 0.29) is 0 Å². The quantitative estimate of drug-likeness (QED) is 0.928. The average molecular weight is 283 g/mol. The number of hydrogen-bond donors (Lipinski definition) is 1. The number of benzene rings is 1. The van der Waals surface area contributed by atoms with Crippen molar-refractivity contribution in [1.29, 1.82) is 0 Å². The molecule has 0 aliphatic rings. The van der Waals surface area contributed by atoms with Crippen molar-refractivity contribution in [2.45, 2.75) is 20.3 Å². The van der Waals surface area contributed by atoms with Crippen molar-refractivity contribution in [3.63, 3.8) is 0 Å². The van der Waals surface area contributed by atoms with E-state index in [0.29, 0.717) is 22.8 Å². The predicted molar refractivity (Wildman–Crippen MR) is 72.9 cm³/mol. The van der Waals surface area contributed by atoms with Crippen LogP contribution in [0, 0.1) is 5.41 Å². The van der Waals surface area contributed by atoms with Gasteiger partial charge in [0.25, 0.3) is 0 Å². The predicted octanol–water partition coefficient (Wildman–Crippen LogP) is 3.75. The van der Waals surface area contributed by atoms with Crippen molar-refractivity contribution < 1.29 is 19.1 Å². The molecule has 0 saturated heterocycles.